The molecule has 3 saturated carbocycles. The molecule has 2 atom stereocenters. The minimum atomic E-state index is -0.245. The molecule has 0 heterocycles. The average molecular weight is 378 g/mol. The lowest BCUT2D eigenvalue weighted by molar-refractivity contribution is -0.0547. The molecule has 4 aliphatic rings. The van der Waals surface area contributed by atoms with Crippen molar-refractivity contribution in [3.05, 3.63) is 59.7 Å². The van der Waals surface area contributed by atoms with Crippen molar-refractivity contribution in [2.75, 3.05) is 0 Å². The molecule has 5 rings (SSSR count). The minimum Gasteiger partial charge on any atom is -0.321 e. The van der Waals surface area contributed by atoms with Crippen LogP contribution in [0.3, 0.4) is 0 Å². The topological polar surface area (TPSA) is 26.0 Å². The van der Waals surface area contributed by atoms with Crippen LogP contribution in [-0.4, -0.2) is 5.54 Å². The molecule has 0 saturated heterocycles. The Morgan fingerprint density at radius 3 is 2.18 bits per heavy atom. The molecule has 0 amide bonds. The Labute approximate surface area is 172 Å². The summed E-state index contributed by atoms with van der Waals surface area (Å²) in [5.74, 6) is 0.300. The molecule has 2 N–H and O–H groups in total. The first-order valence-electron chi connectivity index (χ1n) is 11.8. The van der Waals surface area contributed by atoms with Gasteiger partial charge in [0.25, 0.3) is 0 Å². The fraction of sp³-hybridized carbons (Fsp3) is 0.630. The van der Waals surface area contributed by atoms with Gasteiger partial charge in [0.15, 0.2) is 0 Å². The molecule has 3 fully saturated rings. The van der Waals surface area contributed by atoms with E-state index < -0.39 is 0 Å². The summed E-state index contributed by atoms with van der Waals surface area (Å²) in [5, 5.41) is 0. The summed E-state index contributed by atoms with van der Waals surface area (Å²) in [7, 11) is 0. The van der Waals surface area contributed by atoms with Crippen LogP contribution in [0.2, 0.25) is 0 Å². The molecule has 0 aromatic heterocycles. The van der Waals surface area contributed by atoms with Gasteiger partial charge in [-0.15, -0.1) is 0 Å². The zero-order chi connectivity index (χ0) is 19.7. The highest BCUT2D eigenvalue weighted by Gasteiger charge is 2.58. The van der Waals surface area contributed by atoms with Crippen molar-refractivity contribution in [1.29, 1.82) is 0 Å². The number of unbranched alkanes of at least 4 members (excludes halogenated alkanes) is 2. The van der Waals surface area contributed by atoms with Crippen LogP contribution < -0.4 is 5.73 Å². The van der Waals surface area contributed by atoms with Crippen molar-refractivity contribution in [2.24, 2.45) is 16.6 Å². The van der Waals surface area contributed by atoms with Crippen LogP contribution in [0.5, 0.6) is 0 Å². The smallest absolute Gasteiger partial charge is 0.0504 e. The highest BCUT2D eigenvalue weighted by atomic mass is 14.8. The number of hydrogen-bond acceptors (Lipinski definition) is 1. The van der Waals surface area contributed by atoms with E-state index >= 15 is 0 Å². The Hall–Kier alpha value is -1.34. The molecule has 1 aromatic carbocycles. The van der Waals surface area contributed by atoms with Gasteiger partial charge in [0.05, 0.1) is 5.54 Å². The first-order chi connectivity index (χ1) is 13.6. The second-order valence-corrected chi connectivity index (χ2v) is 9.99. The zero-order valence-corrected chi connectivity index (χ0v) is 18.1. The second kappa shape index (κ2) is 7.82. The van der Waals surface area contributed by atoms with E-state index in [1.807, 2.05) is 0 Å². The van der Waals surface area contributed by atoms with Crippen molar-refractivity contribution in [3.8, 4) is 0 Å². The van der Waals surface area contributed by atoms with Crippen molar-refractivity contribution < 1.29 is 0 Å². The van der Waals surface area contributed by atoms with Crippen LogP contribution in [0.1, 0.15) is 95.1 Å². The number of hydrogen-bond donors (Lipinski definition) is 1. The Balaban J connectivity index is 1.57. The summed E-state index contributed by atoms with van der Waals surface area (Å²) < 4.78 is 0. The standard InChI is InChI=1S/C27H39N/c1-3-5-7-14-25-16-19-26(20-17-25,21-18-25)27(28)15-8-6-9-24(27)23-12-10-22(4-2)11-13-23/h6,8-13,15,24H,3-5,7,14,16-21,28H2,1-2H3. The predicted molar refractivity (Wildman–Crippen MR) is 120 cm³/mol. The number of rotatable bonds is 7. The van der Waals surface area contributed by atoms with Gasteiger partial charge in [0.1, 0.15) is 0 Å². The van der Waals surface area contributed by atoms with Crippen LogP contribution in [-0.2, 0) is 6.42 Å². The van der Waals surface area contributed by atoms with Gasteiger partial charge in [-0.1, -0.05) is 81.7 Å². The fourth-order valence-electron chi connectivity index (χ4n) is 6.54. The molecule has 152 valence electrons. The van der Waals surface area contributed by atoms with E-state index in [1.165, 1.54) is 75.3 Å². The molecule has 4 aliphatic carbocycles. The van der Waals surface area contributed by atoms with Gasteiger partial charge in [-0.3, -0.25) is 0 Å². The molecule has 28 heavy (non-hydrogen) atoms. The van der Waals surface area contributed by atoms with Crippen molar-refractivity contribution in [1.82, 2.24) is 0 Å². The summed E-state index contributed by atoms with van der Waals surface area (Å²) in [5.41, 5.74) is 10.8. The van der Waals surface area contributed by atoms with Gasteiger partial charge in [-0.05, 0) is 73.3 Å². The van der Waals surface area contributed by atoms with Crippen LogP contribution in [0.15, 0.2) is 48.6 Å². The van der Waals surface area contributed by atoms with Crippen molar-refractivity contribution in [2.45, 2.75) is 95.9 Å². The first-order valence-corrected chi connectivity index (χ1v) is 11.8. The summed E-state index contributed by atoms with van der Waals surface area (Å²) in [6, 6.07) is 9.23. The first kappa shape index (κ1) is 20.0. The van der Waals surface area contributed by atoms with E-state index in [0.717, 1.165) is 6.42 Å². The summed E-state index contributed by atoms with van der Waals surface area (Å²) in [6.07, 6.45) is 24.0. The van der Waals surface area contributed by atoms with E-state index in [-0.39, 0.29) is 11.0 Å². The Bertz CT molecular complexity index is 701. The van der Waals surface area contributed by atoms with Crippen LogP contribution in [0, 0.1) is 10.8 Å². The van der Waals surface area contributed by atoms with Crippen molar-refractivity contribution >= 4 is 0 Å². The maximum absolute atomic E-state index is 7.38. The lowest BCUT2D eigenvalue weighted by Crippen LogP contribution is -2.62. The average Bonchev–Trinajstić information content (AvgIpc) is 2.75. The maximum atomic E-state index is 7.38. The molecule has 2 bridgehead atoms. The molecule has 0 aliphatic heterocycles. The molecule has 0 radical (unpaired) electrons. The molecule has 1 heteroatoms. The normalized spacial score (nSPS) is 36.8. The number of allylic oxidation sites excluding steroid dienone is 2. The van der Waals surface area contributed by atoms with Gasteiger partial charge in [0.2, 0.25) is 0 Å². The van der Waals surface area contributed by atoms with Crippen LogP contribution in [0.25, 0.3) is 0 Å². The van der Waals surface area contributed by atoms with Gasteiger partial charge < -0.3 is 5.73 Å². The summed E-state index contributed by atoms with van der Waals surface area (Å²) in [6.45, 7) is 4.54. The number of aryl methyl sites for hydroxylation is 1. The quantitative estimate of drug-likeness (QED) is 0.505. The monoisotopic (exact) mass is 377 g/mol. The third kappa shape index (κ3) is 3.30. The highest BCUT2D eigenvalue weighted by molar-refractivity contribution is 5.41. The highest BCUT2D eigenvalue weighted by Crippen LogP contribution is 2.64. The number of benzene rings is 1. The maximum Gasteiger partial charge on any atom is 0.0504 e. The summed E-state index contributed by atoms with van der Waals surface area (Å²) in [4.78, 5) is 0. The Morgan fingerprint density at radius 2 is 1.57 bits per heavy atom. The Kier molecular flexibility index (Phi) is 5.58. The van der Waals surface area contributed by atoms with Gasteiger partial charge in [-0.2, -0.15) is 0 Å². The molecular weight excluding hydrogens is 338 g/mol. The molecule has 0 spiro atoms. The van der Waals surface area contributed by atoms with Gasteiger partial charge >= 0.3 is 0 Å². The lowest BCUT2D eigenvalue weighted by Gasteiger charge is -2.61. The third-order valence-corrected chi connectivity index (χ3v) is 8.68. The zero-order valence-electron chi connectivity index (χ0n) is 18.1. The Morgan fingerprint density at radius 1 is 0.893 bits per heavy atom. The second-order valence-electron chi connectivity index (χ2n) is 9.99. The van der Waals surface area contributed by atoms with Crippen LogP contribution >= 0.6 is 0 Å². The fourth-order valence-corrected chi connectivity index (χ4v) is 6.54. The largest absolute Gasteiger partial charge is 0.321 e. The third-order valence-electron chi connectivity index (χ3n) is 8.68. The van der Waals surface area contributed by atoms with E-state index in [9.17, 15) is 0 Å². The van der Waals surface area contributed by atoms with Gasteiger partial charge in [0, 0.05) is 5.92 Å². The van der Waals surface area contributed by atoms with Gasteiger partial charge in [-0.25, -0.2) is 0 Å². The SMILES string of the molecule is CCCCCC12CCC(C3(N)C=CC=CC3c3ccc(CC)cc3)(CC1)CC2. The van der Waals surface area contributed by atoms with Crippen LogP contribution in [0.4, 0.5) is 0 Å². The van der Waals surface area contributed by atoms with E-state index in [2.05, 4.69) is 62.4 Å². The molecular formula is C27H39N. The van der Waals surface area contributed by atoms with E-state index in [0.29, 0.717) is 11.3 Å². The van der Waals surface area contributed by atoms with Crippen molar-refractivity contribution in [3.63, 3.8) is 0 Å². The van der Waals surface area contributed by atoms with E-state index in [1.54, 1.807) is 0 Å². The number of nitrogens with two attached hydrogens (primary N) is 1. The summed E-state index contributed by atoms with van der Waals surface area (Å²) >= 11 is 0. The molecule has 1 nitrogen and oxygen atoms in total. The predicted octanol–water partition coefficient (Wildman–Crippen LogP) is 7.08. The lowest BCUT2D eigenvalue weighted by atomic mass is 9.45. The van der Waals surface area contributed by atoms with E-state index in [4.69, 9.17) is 5.73 Å². The molecule has 2 unspecified atom stereocenters. The number of fused-ring (bicyclic) bond motifs is 3. The minimum absolute atomic E-state index is 0.245. The molecule has 1 aromatic rings.